The van der Waals surface area contributed by atoms with Crippen LogP contribution in [0.3, 0.4) is 0 Å². The Morgan fingerprint density at radius 3 is 2.44 bits per heavy atom. The highest BCUT2D eigenvalue weighted by Gasteiger charge is 2.43. The lowest BCUT2D eigenvalue weighted by molar-refractivity contribution is 0.261. The maximum absolute atomic E-state index is 6.04. The van der Waals surface area contributed by atoms with Gasteiger partial charge in [0.05, 0.1) is 0 Å². The van der Waals surface area contributed by atoms with Crippen molar-refractivity contribution >= 4 is 0 Å². The second-order valence-corrected chi connectivity index (χ2v) is 7.08. The Labute approximate surface area is 100 Å². The first-order valence-corrected chi connectivity index (χ1v) is 6.93. The number of hydrogen-bond acceptors (Lipinski definition) is 2. The van der Waals surface area contributed by atoms with Crippen molar-refractivity contribution < 1.29 is 0 Å². The Bertz CT molecular complexity index is 249. The summed E-state index contributed by atoms with van der Waals surface area (Å²) in [5, 5.41) is 3.90. The van der Waals surface area contributed by atoms with E-state index in [4.69, 9.17) is 5.73 Å². The molecule has 2 fully saturated rings. The quantitative estimate of drug-likeness (QED) is 0.773. The minimum atomic E-state index is 0.248. The summed E-state index contributed by atoms with van der Waals surface area (Å²) in [6, 6.07) is 0.729. The highest BCUT2D eigenvalue weighted by molar-refractivity contribution is 5.02. The van der Waals surface area contributed by atoms with E-state index in [0.717, 1.165) is 18.5 Å². The molecule has 0 saturated heterocycles. The molecule has 2 nitrogen and oxygen atoms in total. The first-order chi connectivity index (χ1) is 7.45. The van der Waals surface area contributed by atoms with Gasteiger partial charge in [-0.1, -0.05) is 20.8 Å². The molecule has 2 aliphatic rings. The zero-order valence-electron chi connectivity index (χ0n) is 11.2. The van der Waals surface area contributed by atoms with Crippen molar-refractivity contribution in [2.45, 2.75) is 70.9 Å². The molecule has 0 heterocycles. The highest BCUT2D eigenvalue weighted by atomic mass is 15.0. The van der Waals surface area contributed by atoms with E-state index in [2.05, 4.69) is 26.1 Å². The van der Waals surface area contributed by atoms with E-state index in [1.54, 1.807) is 0 Å². The summed E-state index contributed by atoms with van der Waals surface area (Å²) in [5.74, 6) is 0.904. The van der Waals surface area contributed by atoms with Gasteiger partial charge in [0.2, 0.25) is 0 Å². The Morgan fingerprint density at radius 2 is 2.00 bits per heavy atom. The monoisotopic (exact) mass is 224 g/mol. The summed E-state index contributed by atoms with van der Waals surface area (Å²) in [6.07, 6.45) is 7.93. The largest absolute Gasteiger partial charge is 0.329 e. The van der Waals surface area contributed by atoms with E-state index in [-0.39, 0.29) is 5.54 Å². The van der Waals surface area contributed by atoms with Crippen LogP contribution in [0.15, 0.2) is 0 Å². The number of hydrogen-bond donors (Lipinski definition) is 2. The molecule has 0 radical (unpaired) electrons. The second-order valence-electron chi connectivity index (χ2n) is 7.08. The summed E-state index contributed by atoms with van der Waals surface area (Å²) in [5.41, 5.74) is 6.77. The van der Waals surface area contributed by atoms with Crippen molar-refractivity contribution in [3.63, 3.8) is 0 Å². The van der Waals surface area contributed by atoms with E-state index in [0.29, 0.717) is 5.41 Å². The minimum Gasteiger partial charge on any atom is -0.329 e. The lowest BCUT2D eigenvalue weighted by Crippen LogP contribution is -2.53. The fourth-order valence-corrected chi connectivity index (χ4v) is 3.80. The zero-order chi connectivity index (χ0) is 11.8. The molecular weight excluding hydrogens is 196 g/mol. The minimum absolute atomic E-state index is 0.248. The molecule has 0 spiro atoms. The van der Waals surface area contributed by atoms with Gasteiger partial charge in [-0.2, -0.15) is 0 Å². The molecule has 2 heteroatoms. The Kier molecular flexibility index (Phi) is 3.33. The molecular formula is C14H28N2. The van der Waals surface area contributed by atoms with Crippen LogP contribution in [0.5, 0.6) is 0 Å². The summed E-state index contributed by atoms with van der Waals surface area (Å²) in [6.45, 7) is 7.93. The van der Waals surface area contributed by atoms with Crippen molar-refractivity contribution in [1.29, 1.82) is 0 Å². The topological polar surface area (TPSA) is 38.0 Å². The van der Waals surface area contributed by atoms with Crippen molar-refractivity contribution in [3.05, 3.63) is 0 Å². The van der Waals surface area contributed by atoms with Crippen molar-refractivity contribution in [2.24, 2.45) is 17.1 Å². The smallest absolute Gasteiger partial charge is 0.0311 e. The Morgan fingerprint density at radius 1 is 1.25 bits per heavy atom. The summed E-state index contributed by atoms with van der Waals surface area (Å²) in [7, 11) is 0. The van der Waals surface area contributed by atoms with Gasteiger partial charge in [-0.3, -0.25) is 0 Å². The predicted octanol–water partition coefficient (Wildman–Crippen LogP) is 2.67. The van der Waals surface area contributed by atoms with Crippen LogP contribution >= 0.6 is 0 Å². The molecule has 0 aliphatic heterocycles. The van der Waals surface area contributed by atoms with Gasteiger partial charge in [0.15, 0.2) is 0 Å². The molecule has 0 bridgehead atoms. The first-order valence-electron chi connectivity index (χ1n) is 6.93. The van der Waals surface area contributed by atoms with Crippen LogP contribution in [-0.2, 0) is 0 Å². The third-order valence-electron chi connectivity index (χ3n) is 4.69. The molecule has 94 valence electrons. The molecule has 0 amide bonds. The van der Waals surface area contributed by atoms with Gasteiger partial charge in [0, 0.05) is 18.1 Å². The fraction of sp³-hybridized carbons (Fsp3) is 1.00. The van der Waals surface area contributed by atoms with Crippen LogP contribution in [0.4, 0.5) is 0 Å². The molecule has 3 N–H and O–H groups in total. The summed E-state index contributed by atoms with van der Waals surface area (Å²) >= 11 is 0. The second kappa shape index (κ2) is 4.30. The molecule has 2 saturated carbocycles. The molecule has 3 unspecified atom stereocenters. The zero-order valence-corrected chi connectivity index (χ0v) is 11.2. The van der Waals surface area contributed by atoms with E-state index in [9.17, 15) is 0 Å². The van der Waals surface area contributed by atoms with Gasteiger partial charge >= 0.3 is 0 Å². The van der Waals surface area contributed by atoms with Crippen LogP contribution < -0.4 is 11.1 Å². The normalized spacial score (nSPS) is 42.8. The van der Waals surface area contributed by atoms with Crippen LogP contribution in [0, 0.1) is 11.3 Å². The van der Waals surface area contributed by atoms with E-state index < -0.39 is 0 Å². The van der Waals surface area contributed by atoms with Crippen LogP contribution in [0.1, 0.15) is 59.3 Å². The van der Waals surface area contributed by atoms with Crippen molar-refractivity contribution in [1.82, 2.24) is 5.32 Å². The molecule has 0 aromatic rings. The lowest BCUT2D eigenvalue weighted by atomic mass is 9.87. The Hall–Kier alpha value is -0.0800. The maximum atomic E-state index is 6.04. The van der Waals surface area contributed by atoms with Gasteiger partial charge in [-0.25, -0.2) is 0 Å². The first kappa shape index (κ1) is 12.4. The van der Waals surface area contributed by atoms with Gasteiger partial charge in [0.25, 0.3) is 0 Å². The SMILES string of the molecule is CC1CCC(NC2(CN)CCC(C)(C)C2)C1. The van der Waals surface area contributed by atoms with E-state index in [1.165, 1.54) is 38.5 Å². The van der Waals surface area contributed by atoms with Gasteiger partial charge in [0.1, 0.15) is 0 Å². The highest BCUT2D eigenvalue weighted by Crippen LogP contribution is 2.44. The fourth-order valence-electron chi connectivity index (χ4n) is 3.80. The van der Waals surface area contributed by atoms with Crippen molar-refractivity contribution in [3.8, 4) is 0 Å². The summed E-state index contributed by atoms with van der Waals surface area (Å²) < 4.78 is 0. The molecule has 2 aliphatic carbocycles. The molecule has 16 heavy (non-hydrogen) atoms. The molecule has 0 aromatic heterocycles. The van der Waals surface area contributed by atoms with Crippen LogP contribution in [0.25, 0.3) is 0 Å². The average Bonchev–Trinajstić information content (AvgIpc) is 2.72. The van der Waals surface area contributed by atoms with Crippen molar-refractivity contribution in [2.75, 3.05) is 6.54 Å². The molecule has 2 rings (SSSR count). The third-order valence-corrected chi connectivity index (χ3v) is 4.69. The predicted molar refractivity (Wildman–Crippen MR) is 69.4 cm³/mol. The maximum Gasteiger partial charge on any atom is 0.0311 e. The number of nitrogens with one attached hydrogen (secondary N) is 1. The Balaban J connectivity index is 1.95. The van der Waals surface area contributed by atoms with Gasteiger partial charge < -0.3 is 11.1 Å². The van der Waals surface area contributed by atoms with Gasteiger partial charge in [-0.05, 0) is 49.9 Å². The van der Waals surface area contributed by atoms with Crippen LogP contribution in [-0.4, -0.2) is 18.1 Å². The average molecular weight is 224 g/mol. The molecule has 3 atom stereocenters. The number of rotatable bonds is 3. The van der Waals surface area contributed by atoms with Crippen LogP contribution in [0.2, 0.25) is 0 Å². The van der Waals surface area contributed by atoms with E-state index >= 15 is 0 Å². The standard InChI is InChI=1S/C14H28N2/c1-11-4-5-12(8-11)16-14(10-15)7-6-13(2,3)9-14/h11-12,16H,4-10,15H2,1-3H3. The molecule has 0 aromatic carbocycles. The van der Waals surface area contributed by atoms with E-state index in [1.807, 2.05) is 0 Å². The van der Waals surface area contributed by atoms with Gasteiger partial charge in [-0.15, -0.1) is 0 Å². The number of nitrogens with two attached hydrogens (primary N) is 1. The lowest BCUT2D eigenvalue weighted by Gasteiger charge is -2.34. The third kappa shape index (κ3) is 2.60. The summed E-state index contributed by atoms with van der Waals surface area (Å²) in [4.78, 5) is 0.